The molecule has 4 rings (SSSR count). The fraction of sp³-hybridized carbons (Fsp3) is 0.500. The average Bonchev–Trinajstić information content (AvgIpc) is 3.27. The smallest absolute Gasteiger partial charge is 0.163 e. The molecule has 0 aromatic carbocycles. The van der Waals surface area contributed by atoms with Gasteiger partial charge in [0.2, 0.25) is 0 Å². The van der Waals surface area contributed by atoms with Gasteiger partial charge in [-0.25, -0.2) is 15.0 Å². The number of hydrogen-bond donors (Lipinski definition) is 1. The summed E-state index contributed by atoms with van der Waals surface area (Å²) in [5.74, 6) is 2.31. The molecule has 1 aliphatic rings. The number of thiazole rings is 1. The van der Waals surface area contributed by atoms with Gasteiger partial charge >= 0.3 is 0 Å². The highest BCUT2D eigenvalue weighted by atomic mass is 32.1. The number of fused-ring (bicyclic) bond motifs is 1. The highest BCUT2D eigenvalue weighted by molar-refractivity contribution is 7.09. The Kier molecular flexibility index (Phi) is 3.72. The minimum Gasteiger partial charge on any atom is -0.363 e. The Labute approximate surface area is 139 Å². The Balaban J connectivity index is 1.68. The second kappa shape index (κ2) is 5.88. The van der Waals surface area contributed by atoms with Crippen molar-refractivity contribution in [3.63, 3.8) is 0 Å². The molecular weight excluding hydrogens is 308 g/mol. The van der Waals surface area contributed by atoms with Gasteiger partial charge in [0.15, 0.2) is 5.65 Å². The number of nitrogens with one attached hydrogen (secondary N) is 1. The lowest BCUT2D eigenvalue weighted by molar-refractivity contribution is 0.667. The van der Waals surface area contributed by atoms with Gasteiger partial charge in [0, 0.05) is 24.0 Å². The lowest BCUT2D eigenvalue weighted by Gasteiger charge is -2.11. The van der Waals surface area contributed by atoms with Crippen molar-refractivity contribution in [3.8, 4) is 0 Å². The zero-order valence-corrected chi connectivity index (χ0v) is 14.2. The summed E-state index contributed by atoms with van der Waals surface area (Å²) in [6, 6.07) is 0. The molecular formula is C16H20N6S. The topological polar surface area (TPSA) is 68.5 Å². The molecule has 1 N–H and O–H groups in total. The summed E-state index contributed by atoms with van der Waals surface area (Å²) in [4.78, 5) is 14.1. The first kappa shape index (κ1) is 14.6. The molecule has 3 heterocycles. The van der Waals surface area contributed by atoms with Crippen LogP contribution in [0.4, 0.5) is 5.82 Å². The number of nitrogens with zero attached hydrogens (tertiary/aromatic N) is 5. The first-order valence-electron chi connectivity index (χ1n) is 8.05. The standard InChI is InChI=1S/C16H20N6S/c1-10-9-23-13(19-10)8-17-15-12-7-18-22(2)16(12)21-14(20-15)11-5-3-4-6-11/h7,9,11H,3-6,8H2,1-2H3,(H,17,20,21). The maximum atomic E-state index is 4.82. The van der Waals surface area contributed by atoms with E-state index in [1.165, 1.54) is 25.7 Å². The molecule has 1 saturated carbocycles. The Morgan fingerprint density at radius 1 is 1.26 bits per heavy atom. The molecule has 0 amide bonds. The number of anilines is 1. The van der Waals surface area contributed by atoms with Crippen molar-refractivity contribution in [3.05, 3.63) is 28.1 Å². The van der Waals surface area contributed by atoms with Gasteiger partial charge in [-0.3, -0.25) is 4.68 Å². The largest absolute Gasteiger partial charge is 0.363 e. The molecule has 7 heteroatoms. The van der Waals surface area contributed by atoms with Crippen LogP contribution < -0.4 is 5.32 Å². The Morgan fingerprint density at radius 2 is 2.09 bits per heavy atom. The average molecular weight is 328 g/mol. The molecule has 0 saturated heterocycles. The third kappa shape index (κ3) is 2.81. The van der Waals surface area contributed by atoms with Crippen molar-refractivity contribution < 1.29 is 0 Å². The number of aryl methyl sites for hydroxylation is 2. The van der Waals surface area contributed by atoms with E-state index in [1.807, 2.05) is 24.9 Å². The van der Waals surface area contributed by atoms with Gasteiger partial charge in [-0.15, -0.1) is 11.3 Å². The predicted molar refractivity (Wildman–Crippen MR) is 91.7 cm³/mol. The van der Waals surface area contributed by atoms with Crippen LogP contribution in [0.25, 0.3) is 11.0 Å². The Bertz CT molecular complexity index is 830. The molecule has 6 nitrogen and oxygen atoms in total. The van der Waals surface area contributed by atoms with Gasteiger partial charge in [0.1, 0.15) is 16.6 Å². The fourth-order valence-electron chi connectivity index (χ4n) is 3.18. The van der Waals surface area contributed by atoms with Crippen LogP contribution in [0.15, 0.2) is 11.6 Å². The van der Waals surface area contributed by atoms with E-state index in [4.69, 9.17) is 9.97 Å². The molecule has 0 bridgehead atoms. The van der Waals surface area contributed by atoms with E-state index >= 15 is 0 Å². The number of hydrogen-bond acceptors (Lipinski definition) is 6. The summed E-state index contributed by atoms with van der Waals surface area (Å²) in [7, 11) is 1.93. The van der Waals surface area contributed by atoms with Crippen molar-refractivity contribution in [1.29, 1.82) is 0 Å². The normalized spacial score (nSPS) is 15.6. The van der Waals surface area contributed by atoms with Crippen LogP contribution in [0.2, 0.25) is 0 Å². The second-order valence-electron chi connectivity index (χ2n) is 6.15. The van der Waals surface area contributed by atoms with Crippen LogP contribution in [0.1, 0.15) is 48.1 Å². The maximum absolute atomic E-state index is 4.82. The molecule has 0 unspecified atom stereocenters. The molecule has 120 valence electrons. The van der Waals surface area contributed by atoms with Crippen molar-refractivity contribution in [2.75, 3.05) is 5.32 Å². The third-order valence-electron chi connectivity index (χ3n) is 4.40. The zero-order valence-electron chi connectivity index (χ0n) is 13.4. The van der Waals surface area contributed by atoms with Crippen molar-refractivity contribution in [1.82, 2.24) is 24.7 Å². The van der Waals surface area contributed by atoms with E-state index in [9.17, 15) is 0 Å². The van der Waals surface area contributed by atoms with Gasteiger partial charge in [0.25, 0.3) is 0 Å². The highest BCUT2D eigenvalue weighted by Crippen LogP contribution is 2.34. The quantitative estimate of drug-likeness (QED) is 0.795. The minimum absolute atomic E-state index is 0.483. The summed E-state index contributed by atoms with van der Waals surface area (Å²) in [5, 5.41) is 11.9. The molecule has 1 aliphatic carbocycles. The number of aromatic nitrogens is 5. The van der Waals surface area contributed by atoms with E-state index in [1.54, 1.807) is 11.3 Å². The molecule has 0 aliphatic heterocycles. The lowest BCUT2D eigenvalue weighted by Crippen LogP contribution is -2.08. The summed E-state index contributed by atoms with van der Waals surface area (Å²) in [6.45, 7) is 2.70. The van der Waals surface area contributed by atoms with Crippen molar-refractivity contribution >= 4 is 28.2 Å². The molecule has 3 aromatic heterocycles. The first-order chi connectivity index (χ1) is 11.2. The highest BCUT2D eigenvalue weighted by Gasteiger charge is 2.22. The van der Waals surface area contributed by atoms with E-state index in [2.05, 4.69) is 20.8 Å². The number of rotatable bonds is 4. The third-order valence-corrected chi connectivity index (χ3v) is 5.37. The zero-order chi connectivity index (χ0) is 15.8. The van der Waals surface area contributed by atoms with E-state index in [0.717, 1.165) is 33.4 Å². The van der Waals surface area contributed by atoms with Gasteiger partial charge < -0.3 is 5.32 Å². The van der Waals surface area contributed by atoms with Crippen LogP contribution in [-0.2, 0) is 13.6 Å². The summed E-state index contributed by atoms with van der Waals surface area (Å²) < 4.78 is 1.83. The summed E-state index contributed by atoms with van der Waals surface area (Å²) >= 11 is 1.67. The SMILES string of the molecule is Cc1csc(CNc2nc(C3CCCC3)nc3c2cnn3C)n1. The first-order valence-corrected chi connectivity index (χ1v) is 8.93. The maximum Gasteiger partial charge on any atom is 0.163 e. The van der Waals surface area contributed by atoms with Gasteiger partial charge in [-0.1, -0.05) is 12.8 Å². The minimum atomic E-state index is 0.483. The monoisotopic (exact) mass is 328 g/mol. The second-order valence-corrected chi connectivity index (χ2v) is 7.10. The lowest BCUT2D eigenvalue weighted by atomic mass is 10.1. The van der Waals surface area contributed by atoms with Gasteiger partial charge in [-0.2, -0.15) is 5.10 Å². The van der Waals surface area contributed by atoms with Crippen LogP contribution in [0.3, 0.4) is 0 Å². The molecule has 0 atom stereocenters. The van der Waals surface area contributed by atoms with E-state index < -0.39 is 0 Å². The summed E-state index contributed by atoms with van der Waals surface area (Å²) in [6.07, 6.45) is 6.77. The van der Waals surface area contributed by atoms with E-state index in [-0.39, 0.29) is 0 Å². The molecule has 3 aromatic rings. The molecule has 0 spiro atoms. The summed E-state index contributed by atoms with van der Waals surface area (Å²) in [5.41, 5.74) is 1.97. The van der Waals surface area contributed by atoms with Crippen LogP contribution in [0, 0.1) is 6.92 Å². The molecule has 1 fully saturated rings. The van der Waals surface area contributed by atoms with Gasteiger partial charge in [0.05, 0.1) is 18.1 Å². The van der Waals surface area contributed by atoms with Crippen molar-refractivity contribution in [2.24, 2.45) is 7.05 Å². The van der Waals surface area contributed by atoms with Crippen molar-refractivity contribution in [2.45, 2.75) is 45.1 Å². The predicted octanol–water partition coefficient (Wildman–Crippen LogP) is 3.40. The van der Waals surface area contributed by atoms with Gasteiger partial charge in [-0.05, 0) is 19.8 Å². The Morgan fingerprint density at radius 3 is 2.83 bits per heavy atom. The Hall–Kier alpha value is -2.02. The van der Waals surface area contributed by atoms with Crippen LogP contribution >= 0.6 is 11.3 Å². The fourth-order valence-corrected chi connectivity index (χ4v) is 3.90. The van der Waals surface area contributed by atoms with Crippen LogP contribution in [-0.4, -0.2) is 24.7 Å². The molecule has 23 heavy (non-hydrogen) atoms. The van der Waals surface area contributed by atoms with Crippen LogP contribution in [0.5, 0.6) is 0 Å². The van der Waals surface area contributed by atoms with E-state index in [0.29, 0.717) is 12.5 Å². The molecule has 0 radical (unpaired) electrons.